The highest BCUT2D eigenvalue weighted by Gasteiger charge is 2.33. The lowest BCUT2D eigenvalue weighted by atomic mass is 9.73. The van der Waals surface area contributed by atoms with Gasteiger partial charge in [-0.2, -0.15) is 0 Å². The second-order valence-electron chi connectivity index (χ2n) is 9.22. The van der Waals surface area contributed by atoms with Gasteiger partial charge in [0.25, 0.3) is 5.91 Å². The summed E-state index contributed by atoms with van der Waals surface area (Å²) in [5.41, 5.74) is 4.47. The fourth-order valence-electron chi connectivity index (χ4n) is 4.75. The monoisotopic (exact) mass is 448 g/mol. The van der Waals surface area contributed by atoms with Crippen LogP contribution in [0.3, 0.4) is 0 Å². The van der Waals surface area contributed by atoms with Gasteiger partial charge in [-0.05, 0) is 68.7 Å². The molecule has 1 aliphatic rings. The van der Waals surface area contributed by atoms with E-state index in [4.69, 9.17) is 0 Å². The van der Waals surface area contributed by atoms with Gasteiger partial charge in [0.15, 0.2) is 0 Å². The lowest BCUT2D eigenvalue weighted by Gasteiger charge is -2.32. The van der Waals surface area contributed by atoms with Gasteiger partial charge in [-0.15, -0.1) is 0 Å². The molecule has 1 aliphatic carbocycles. The van der Waals surface area contributed by atoms with Crippen molar-refractivity contribution in [1.29, 1.82) is 0 Å². The number of aromatic nitrogens is 1. The SMILES string of the molecule is C=C(C)C1CCC(C)=CC1c1c(O)cc(CCCCC)c(C(=O)NCc2cccnc2)c1O. The lowest BCUT2D eigenvalue weighted by Crippen LogP contribution is -2.25. The number of carbonyl (C=O) groups excluding carboxylic acids is 1. The Balaban J connectivity index is 2.03. The van der Waals surface area contributed by atoms with Crippen molar-refractivity contribution in [2.24, 2.45) is 5.92 Å². The smallest absolute Gasteiger partial charge is 0.255 e. The zero-order valence-electron chi connectivity index (χ0n) is 20.0. The summed E-state index contributed by atoms with van der Waals surface area (Å²) >= 11 is 0. The van der Waals surface area contributed by atoms with Crippen LogP contribution in [-0.4, -0.2) is 21.1 Å². The Kier molecular flexibility index (Phi) is 8.32. The summed E-state index contributed by atoms with van der Waals surface area (Å²) in [4.78, 5) is 17.4. The van der Waals surface area contributed by atoms with Gasteiger partial charge < -0.3 is 15.5 Å². The van der Waals surface area contributed by atoms with Crippen LogP contribution in [0.25, 0.3) is 0 Å². The Hall–Kier alpha value is -3.08. The number of phenolic OH excluding ortho intramolecular Hbond substituents is 2. The second kappa shape index (κ2) is 11.2. The molecule has 5 heteroatoms. The number of carbonyl (C=O) groups is 1. The maximum atomic E-state index is 13.3. The molecule has 0 radical (unpaired) electrons. The highest BCUT2D eigenvalue weighted by atomic mass is 16.3. The van der Waals surface area contributed by atoms with Crippen molar-refractivity contribution in [3.05, 3.63) is 76.6 Å². The number of phenols is 2. The largest absolute Gasteiger partial charge is 0.507 e. The minimum atomic E-state index is -0.340. The van der Waals surface area contributed by atoms with Crippen molar-refractivity contribution < 1.29 is 15.0 Å². The summed E-state index contributed by atoms with van der Waals surface area (Å²) in [6.45, 7) is 10.6. The number of rotatable bonds is 9. The number of aromatic hydroxyl groups is 2. The zero-order chi connectivity index (χ0) is 24.0. The third-order valence-corrected chi connectivity index (χ3v) is 6.57. The van der Waals surface area contributed by atoms with Gasteiger partial charge in [0.2, 0.25) is 0 Å². The van der Waals surface area contributed by atoms with E-state index in [-0.39, 0.29) is 34.8 Å². The predicted octanol–water partition coefficient (Wildman–Crippen LogP) is 6.17. The molecule has 1 aromatic carbocycles. The molecule has 2 atom stereocenters. The highest BCUT2D eigenvalue weighted by molar-refractivity contribution is 5.99. The quantitative estimate of drug-likeness (QED) is 0.316. The molecule has 5 nitrogen and oxygen atoms in total. The van der Waals surface area contributed by atoms with Gasteiger partial charge in [-0.25, -0.2) is 0 Å². The standard InChI is InChI=1S/C28H36N2O3/c1-5-6-7-10-21-15-24(31)26(23-14-19(4)11-12-22(23)18(2)3)27(32)25(21)28(33)30-17-20-9-8-13-29-16-20/h8-9,13-16,22-23,31-32H,2,5-7,10-12,17H2,1,3-4H3,(H,30,33). The number of allylic oxidation sites excluding steroid dienone is 3. The number of hydrogen-bond acceptors (Lipinski definition) is 4. The predicted molar refractivity (Wildman–Crippen MR) is 132 cm³/mol. The van der Waals surface area contributed by atoms with E-state index in [9.17, 15) is 15.0 Å². The summed E-state index contributed by atoms with van der Waals surface area (Å²) in [5.74, 6) is -0.529. The average Bonchev–Trinajstić information content (AvgIpc) is 2.78. The van der Waals surface area contributed by atoms with E-state index in [1.807, 2.05) is 19.1 Å². The number of pyridine rings is 1. The Labute approximate surface area is 197 Å². The maximum absolute atomic E-state index is 13.3. The Morgan fingerprint density at radius 2 is 2.09 bits per heavy atom. The zero-order valence-corrected chi connectivity index (χ0v) is 20.0. The number of aryl methyl sites for hydroxylation is 1. The summed E-state index contributed by atoms with van der Waals surface area (Å²) in [6, 6.07) is 5.39. The molecule has 176 valence electrons. The summed E-state index contributed by atoms with van der Waals surface area (Å²) in [5, 5.41) is 25.4. The fourth-order valence-corrected chi connectivity index (χ4v) is 4.75. The first-order chi connectivity index (χ1) is 15.8. The first-order valence-electron chi connectivity index (χ1n) is 11.9. The second-order valence-corrected chi connectivity index (χ2v) is 9.22. The third kappa shape index (κ3) is 5.84. The van der Waals surface area contributed by atoms with E-state index in [0.717, 1.165) is 43.2 Å². The first-order valence-corrected chi connectivity index (χ1v) is 11.9. The molecule has 0 spiro atoms. The molecule has 2 unspecified atom stereocenters. The molecule has 33 heavy (non-hydrogen) atoms. The summed E-state index contributed by atoms with van der Waals surface area (Å²) < 4.78 is 0. The molecule has 3 rings (SSSR count). The molecule has 0 fully saturated rings. The molecule has 1 heterocycles. The minimum absolute atomic E-state index is 0.0463. The van der Waals surface area contributed by atoms with Gasteiger partial charge >= 0.3 is 0 Å². The Bertz CT molecular complexity index is 1030. The van der Waals surface area contributed by atoms with Crippen LogP contribution in [0.1, 0.15) is 85.8 Å². The summed E-state index contributed by atoms with van der Waals surface area (Å²) in [6.07, 6.45) is 10.9. The van der Waals surface area contributed by atoms with Crippen LogP contribution in [0, 0.1) is 5.92 Å². The Morgan fingerprint density at radius 1 is 1.30 bits per heavy atom. The van der Waals surface area contributed by atoms with Crippen LogP contribution < -0.4 is 5.32 Å². The van der Waals surface area contributed by atoms with Gasteiger partial charge in [-0.1, -0.05) is 49.6 Å². The van der Waals surface area contributed by atoms with Crippen LogP contribution in [0.15, 0.2) is 54.4 Å². The van der Waals surface area contributed by atoms with Gasteiger partial charge in [-0.3, -0.25) is 9.78 Å². The molecule has 2 aromatic rings. The number of benzene rings is 1. The van der Waals surface area contributed by atoms with Crippen molar-refractivity contribution in [2.75, 3.05) is 0 Å². The van der Waals surface area contributed by atoms with E-state index in [1.54, 1.807) is 18.5 Å². The topological polar surface area (TPSA) is 82.5 Å². The molecular weight excluding hydrogens is 412 g/mol. The van der Waals surface area contributed by atoms with Crippen LogP contribution >= 0.6 is 0 Å². The first kappa shape index (κ1) is 24.6. The lowest BCUT2D eigenvalue weighted by molar-refractivity contribution is 0.0947. The molecule has 0 aliphatic heterocycles. The molecular formula is C28H36N2O3. The summed E-state index contributed by atoms with van der Waals surface area (Å²) in [7, 11) is 0. The third-order valence-electron chi connectivity index (χ3n) is 6.57. The van der Waals surface area contributed by atoms with E-state index in [2.05, 4.69) is 36.8 Å². The highest BCUT2D eigenvalue weighted by Crippen LogP contribution is 2.48. The van der Waals surface area contributed by atoms with E-state index in [0.29, 0.717) is 24.1 Å². The van der Waals surface area contributed by atoms with E-state index in [1.165, 1.54) is 5.57 Å². The van der Waals surface area contributed by atoms with Crippen LogP contribution in [0.5, 0.6) is 11.5 Å². The maximum Gasteiger partial charge on any atom is 0.255 e. The average molecular weight is 449 g/mol. The molecule has 1 amide bonds. The van der Waals surface area contributed by atoms with Crippen LogP contribution in [0.4, 0.5) is 0 Å². The van der Waals surface area contributed by atoms with Crippen molar-refractivity contribution in [2.45, 2.75) is 71.8 Å². The molecule has 3 N–H and O–H groups in total. The van der Waals surface area contributed by atoms with E-state index < -0.39 is 0 Å². The molecule has 0 bridgehead atoms. The number of nitrogens with one attached hydrogen (secondary N) is 1. The number of hydrogen-bond donors (Lipinski definition) is 3. The van der Waals surface area contributed by atoms with Gasteiger partial charge in [0.1, 0.15) is 11.5 Å². The molecule has 0 saturated heterocycles. The van der Waals surface area contributed by atoms with Crippen molar-refractivity contribution in [1.82, 2.24) is 10.3 Å². The van der Waals surface area contributed by atoms with Crippen LogP contribution in [-0.2, 0) is 13.0 Å². The Morgan fingerprint density at radius 3 is 2.76 bits per heavy atom. The normalized spacial score (nSPS) is 18.0. The van der Waals surface area contributed by atoms with E-state index >= 15 is 0 Å². The fraction of sp³-hybridized carbons (Fsp3) is 0.429. The van der Waals surface area contributed by atoms with Crippen LogP contribution in [0.2, 0.25) is 0 Å². The number of amides is 1. The number of unbranched alkanes of at least 4 members (excludes halogenated alkanes) is 2. The van der Waals surface area contributed by atoms with Crippen molar-refractivity contribution in [3.63, 3.8) is 0 Å². The molecule has 0 saturated carbocycles. The van der Waals surface area contributed by atoms with Crippen molar-refractivity contribution in [3.8, 4) is 11.5 Å². The molecule has 1 aromatic heterocycles. The number of nitrogens with zero attached hydrogens (tertiary/aromatic N) is 1. The van der Waals surface area contributed by atoms with Crippen molar-refractivity contribution >= 4 is 5.91 Å². The minimum Gasteiger partial charge on any atom is -0.507 e. The van der Waals surface area contributed by atoms with Gasteiger partial charge in [0, 0.05) is 30.4 Å². The van der Waals surface area contributed by atoms with Gasteiger partial charge in [0.05, 0.1) is 5.56 Å².